The molecule has 0 aromatic carbocycles. The van der Waals surface area contributed by atoms with Crippen LogP contribution in [-0.4, -0.2) is 44.4 Å². The number of hydrogen-bond acceptors (Lipinski definition) is 10. The molecule has 0 saturated carbocycles. The maximum atomic E-state index is 12.1. The fourth-order valence-electron chi connectivity index (χ4n) is 2.31. The van der Waals surface area contributed by atoms with Crippen molar-refractivity contribution >= 4 is 23.2 Å². The standard InChI is InChI=1S/C16H17N5O6S/c1-8-17-10(7-28-8)11-5-9(20-27-11)13-19-21(15(24)26-13)6-12(22)18-16(2,3)14(23)25-4/h5,7H,6H2,1-4H3,(H,18,22). The highest BCUT2D eigenvalue weighted by Gasteiger charge is 2.31. The smallest absolute Gasteiger partial charge is 0.437 e. The van der Waals surface area contributed by atoms with Gasteiger partial charge >= 0.3 is 11.7 Å². The second kappa shape index (κ2) is 7.38. The minimum Gasteiger partial charge on any atom is -0.467 e. The van der Waals surface area contributed by atoms with Crippen LogP contribution in [0.2, 0.25) is 0 Å². The predicted octanol–water partition coefficient (Wildman–Crippen LogP) is 0.991. The molecule has 0 fully saturated rings. The first-order valence-corrected chi connectivity index (χ1v) is 8.94. The van der Waals surface area contributed by atoms with Gasteiger partial charge in [-0.25, -0.2) is 14.6 Å². The fourth-order valence-corrected chi connectivity index (χ4v) is 2.92. The van der Waals surface area contributed by atoms with Crippen LogP contribution >= 0.6 is 11.3 Å². The number of nitrogens with zero attached hydrogens (tertiary/aromatic N) is 4. The summed E-state index contributed by atoms with van der Waals surface area (Å²) in [6.45, 7) is 4.37. The van der Waals surface area contributed by atoms with Crippen LogP contribution in [-0.2, 0) is 20.9 Å². The first-order valence-electron chi connectivity index (χ1n) is 8.06. The SMILES string of the molecule is COC(=O)C(C)(C)NC(=O)Cn1nc(-c2cc(-c3csc(C)n3)on2)oc1=O. The summed E-state index contributed by atoms with van der Waals surface area (Å²) in [6.07, 6.45) is 0. The number of carbonyl (C=O) groups is 2. The first kappa shape index (κ1) is 19.5. The van der Waals surface area contributed by atoms with Gasteiger partial charge in [-0.1, -0.05) is 5.16 Å². The van der Waals surface area contributed by atoms with Crippen molar-refractivity contribution in [1.82, 2.24) is 25.2 Å². The molecular weight excluding hydrogens is 390 g/mol. The minimum atomic E-state index is -1.26. The quantitative estimate of drug-likeness (QED) is 0.592. The largest absolute Gasteiger partial charge is 0.467 e. The Balaban J connectivity index is 1.75. The minimum absolute atomic E-state index is 0.105. The van der Waals surface area contributed by atoms with Crippen LogP contribution in [0.5, 0.6) is 0 Å². The van der Waals surface area contributed by atoms with Gasteiger partial charge < -0.3 is 19.0 Å². The molecule has 0 bridgehead atoms. The van der Waals surface area contributed by atoms with Crippen LogP contribution in [0.1, 0.15) is 18.9 Å². The Hall–Kier alpha value is -3.28. The van der Waals surface area contributed by atoms with Crippen LogP contribution in [0.4, 0.5) is 0 Å². The lowest BCUT2D eigenvalue weighted by Crippen LogP contribution is -2.51. The monoisotopic (exact) mass is 407 g/mol. The van der Waals surface area contributed by atoms with E-state index in [2.05, 4.69) is 25.3 Å². The zero-order chi connectivity index (χ0) is 20.5. The van der Waals surface area contributed by atoms with Gasteiger partial charge in [0.05, 0.1) is 12.1 Å². The molecule has 0 atom stereocenters. The average molecular weight is 407 g/mol. The third-order valence-electron chi connectivity index (χ3n) is 3.65. The number of amides is 1. The van der Waals surface area contributed by atoms with Crippen LogP contribution in [0.25, 0.3) is 23.0 Å². The number of hydrogen-bond donors (Lipinski definition) is 1. The molecule has 3 aromatic rings. The fraction of sp³-hybridized carbons (Fsp3) is 0.375. The van der Waals surface area contributed by atoms with Crippen molar-refractivity contribution in [2.45, 2.75) is 32.9 Å². The van der Waals surface area contributed by atoms with E-state index < -0.39 is 29.7 Å². The molecule has 3 heterocycles. The number of ether oxygens (including phenoxy) is 1. The number of methoxy groups -OCH3 is 1. The molecule has 0 saturated heterocycles. The highest BCUT2D eigenvalue weighted by molar-refractivity contribution is 7.09. The number of thiazole rings is 1. The number of esters is 1. The molecule has 0 aliphatic carbocycles. The van der Waals surface area contributed by atoms with Gasteiger partial charge in [-0.3, -0.25) is 4.79 Å². The number of nitrogens with one attached hydrogen (secondary N) is 1. The maximum Gasteiger partial charge on any atom is 0.437 e. The Kier molecular flexibility index (Phi) is 5.14. The molecule has 0 spiro atoms. The van der Waals surface area contributed by atoms with Gasteiger partial charge in [0.25, 0.3) is 5.89 Å². The molecule has 0 radical (unpaired) electrons. The molecule has 3 rings (SSSR count). The topological polar surface area (TPSA) is 142 Å². The van der Waals surface area contributed by atoms with E-state index in [1.807, 2.05) is 12.3 Å². The van der Waals surface area contributed by atoms with E-state index in [0.29, 0.717) is 11.5 Å². The Morgan fingerprint density at radius 3 is 2.75 bits per heavy atom. The number of aryl methyl sites for hydroxylation is 1. The van der Waals surface area contributed by atoms with Crippen molar-refractivity contribution < 1.29 is 23.3 Å². The van der Waals surface area contributed by atoms with E-state index in [-0.39, 0.29) is 11.6 Å². The van der Waals surface area contributed by atoms with Gasteiger partial charge in [0.15, 0.2) is 11.5 Å². The van der Waals surface area contributed by atoms with Crippen molar-refractivity contribution in [3.63, 3.8) is 0 Å². The highest BCUT2D eigenvalue weighted by atomic mass is 32.1. The Morgan fingerprint density at radius 2 is 2.11 bits per heavy atom. The van der Waals surface area contributed by atoms with E-state index in [4.69, 9.17) is 8.94 Å². The zero-order valence-corrected chi connectivity index (χ0v) is 16.3. The van der Waals surface area contributed by atoms with Crippen molar-refractivity contribution in [3.8, 4) is 23.0 Å². The van der Waals surface area contributed by atoms with Gasteiger partial charge in [-0.05, 0) is 20.8 Å². The lowest BCUT2D eigenvalue weighted by molar-refractivity contribution is -0.149. The van der Waals surface area contributed by atoms with Gasteiger partial charge in [-0.2, -0.15) is 4.68 Å². The van der Waals surface area contributed by atoms with Crippen LogP contribution in [0.3, 0.4) is 0 Å². The molecular formula is C16H17N5O6S. The summed E-state index contributed by atoms with van der Waals surface area (Å²) in [6, 6.07) is 1.53. The molecule has 12 heteroatoms. The van der Waals surface area contributed by atoms with E-state index in [0.717, 1.165) is 9.69 Å². The van der Waals surface area contributed by atoms with Crippen molar-refractivity contribution in [2.75, 3.05) is 7.11 Å². The summed E-state index contributed by atoms with van der Waals surface area (Å²) < 4.78 is 15.7. The highest BCUT2D eigenvalue weighted by Crippen LogP contribution is 2.25. The molecule has 28 heavy (non-hydrogen) atoms. The van der Waals surface area contributed by atoms with E-state index in [9.17, 15) is 14.4 Å². The molecule has 148 valence electrons. The van der Waals surface area contributed by atoms with Crippen molar-refractivity contribution in [3.05, 3.63) is 27.0 Å². The Morgan fingerprint density at radius 1 is 1.36 bits per heavy atom. The molecule has 1 amide bonds. The third-order valence-corrected chi connectivity index (χ3v) is 4.42. The summed E-state index contributed by atoms with van der Waals surface area (Å²) in [7, 11) is 1.21. The molecule has 0 unspecified atom stereocenters. The van der Waals surface area contributed by atoms with Gasteiger partial charge in [0.1, 0.15) is 17.8 Å². The van der Waals surface area contributed by atoms with Crippen LogP contribution in [0, 0.1) is 6.92 Å². The van der Waals surface area contributed by atoms with Crippen LogP contribution in [0.15, 0.2) is 25.2 Å². The number of aromatic nitrogens is 4. The second-order valence-electron chi connectivity index (χ2n) is 6.32. The first-order chi connectivity index (χ1) is 13.2. The Labute approximate surface area is 162 Å². The summed E-state index contributed by atoms with van der Waals surface area (Å²) in [5, 5.41) is 12.9. The summed E-state index contributed by atoms with van der Waals surface area (Å²) >= 11 is 1.46. The van der Waals surface area contributed by atoms with E-state index in [1.165, 1.54) is 38.4 Å². The molecule has 11 nitrogen and oxygen atoms in total. The molecule has 1 N–H and O–H groups in total. The van der Waals surface area contributed by atoms with Gasteiger partial charge in [-0.15, -0.1) is 16.4 Å². The summed E-state index contributed by atoms with van der Waals surface area (Å²) in [5.41, 5.74) is -0.464. The van der Waals surface area contributed by atoms with Crippen molar-refractivity contribution in [1.29, 1.82) is 0 Å². The third kappa shape index (κ3) is 4.01. The molecule has 0 aliphatic rings. The summed E-state index contributed by atoms with van der Waals surface area (Å²) in [4.78, 5) is 40.0. The number of carbonyl (C=O) groups excluding carboxylic acids is 2. The Bertz CT molecular complexity index is 1080. The van der Waals surface area contributed by atoms with Crippen LogP contribution < -0.4 is 11.1 Å². The van der Waals surface area contributed by atoms with Gasteiger partial charge in [0, 0.05) is 11.4 Å². The predicted molar refractivity (Wildman–Crippen MR) is 96.3 cm³/mol. The number of rotatable bonds is 6. The maximum absolute atomic E-state index is 12.1. The average Bonchev–Trinajstić information content (AvgIpc) is 3.34. The second-order valence-corrected chi connectivity index (χ2v) is 7.39. The lowest BCUT2D eigenvalue weighted by Gasteiger charge is -2.22. The zero-order valence-electron chi connectivity index (χ0n) is 15.5. The van der Waals surface area contributed by atoms with E-state index in [1.54, 1.807) is 0 Å². The van der Waals surface area contributed by atoms with Gasteiger partial charge in [0.2, 0.25) is 5.91 Å². The molecule has 3 aromatic heterocycles. The van der Waals surface area contributed by atoms with E-state index >= 15 is 0 Å². The lowest BCUT2D eigenvalue weighted by atomic mass is 10.1. The summed E-state index contributed by atoms with van der Waals surface area (Å²) in [5.74, 6) is -1.80. The normalized spacial score (nSPS) is 11.4. The van der Waals surface area contributed by atoms with Crippen molar-refractivity contribution in [2.24, 2.45) is 0 Å². The molecule has 0 aliphatic heterocycles.